The van der Waals surface area contributed by atoms with E-state index in [1.165, 1.54) is 0 Å². The van der Waals surface area contributed by atoms with Gasteiger partial charge in [-0.15, -0.1) is 0 Å². The molecule has 3 nitrogen and oxygen atoms in total. The Labute approximate surface area is 124 Å². The molecule has 2 aromatic rings. The van der Waals surface area contributed by atoms with Crippen molar-refractivity contribution in [2.75, 3.05) is 19.3 Å². The van der Waals surface area contributed by atoms with Crippen LogP contribution in [0, 0.1) is 0 Å². The van der Waals surface area contributed by atoms with Crippen LogP contribution in [-0.4, -0.2) is 23.6 Å². The highest BCUT2D eigenvalue weighted by Crippen LogP contribution is 2.19. The van der Waals surface area contributed by atoms with Crippen LogP contribution in [0.15, 0.2) is 48.5 Å². The van der Waals surface area contributed by atoms with Gasteiger partial charge in [0.25, 0.3) is 0 Å². The summed E-state index contributed by atoms with van der Waals surface area (Å²) in [7, 11) is 1.96. The van der Waals surface area contributed by atoms with Crippen LogP contribution in [0.1, 0.15) is 17.2 Å². The van der Waals surface area contributed by atoms with Crippen molar-refractivity contribution in [2.24, 2.45) is 0 Å². The minimum atomic E-state index is -0.539. The molecule has 0 aliphatic rings. The van der Waals surface area contributed by atoms with Crippen LogP contribution in [0.5, 0.6) is 0 Å². The second-order valence-electron chi connectivity index (χ2n) is 4.97. The van der Waals surface area contributed by atoms with E-state index in [4.69, 9.17) is 17.3 Å². The molecule has 1 atom stereocenters. The van der Waals surface area contributed by atoms with Gasteiger partial charge >= 0.3 is 0 Å². The molecule has 3 N–H and O–H groups in total. The molecule has 4 heteroatoms. The number of benzene rings is 2. The molecule has 0 spiro atoms. The molecule has 1 unspecified atom stereocenters. The zero-order valence-electron chi connectivity index (χ0n) is 11.5. The maximum atomic E-state index is 10.2. The highest BCUT2D eigenvalue weighted by Gasteiger charge is 2.11. The van der Waals surface area contributed by atoms with Crippen LogP contribution in [-0.2, 0) is 6.54 Å². The van der Waals surface area contributed by atoms with Gasteiger partial charge < -0.3 is 10.8 Å². The molecule has 0 saturated carbocycles. The summed E-state index contributed by atoms with van der Waals surface area (Å²) in [5.74, 6) is 0. The predicted molar refractivity (Wildman–Crippen MR) is 83.6 cm³/mol. The number of nitrogen functional groups attached to an aromatic ring is 1. The van der Waals surface area contributed by atoms with Crippen LogP contribution in [0.4, 0.5) is 5.69 Å². The summed E-state index contributed by atoms with van der Waals surface area (Å²) in [4.78, 5) is 2.04. The third kappa shape index (κ3) is 3.97. The Bertz CT molecular complexity index is 557. The largest absolute Gasteiger partial charge is 0.399 e. The standard InChI is InChI=1S/C16H19ClN2O/c1-19(10-13-4-2-3-5-15(13)17)11-16(20)12-6-8-14(18)9-7-12/h2-9,16,20H,10-11,18H2,1H3. The smallest absolute Gasteiger partial charge is 0.0916 e. The topological polar surface area (TPSA) is 49.5 Å². The molecule has 2 aromatic carbocycles. The van der Waals surface area contributed by atoms with Crippen LogP contribution in [0.2, 0.25) is 5.02 Å². The number of anilines is 1. The third-order valence-electron chi connectivity index (χ3n) is 3.20. The second-order valence-corrected chi connectivity index (χ2v) is 5.38. The summed E-state index contributed by atoms with van der Waals surface area (Å²) < 4.78 is 0. The Hall–Kier alpha value is -1.55. The first-order chi connectivity index (χ1) is 9.56. The average Bonchev–Trinajstić information content (AvgIpc) is 2.42. The van der Waals surface area contributed by atoms with E-state index >= 15 is 0 Å². The van der Waals surface area contributed by atoms with Gasteiger partial charge in [0.15, 0.2) is 0 Å². The average molecular weight is 291 g/mol. The molecule has 20 heavy (non-hydrogen) atoms. The Morgan fingerprint density at radius 3 is 2.45 bits per heavy atom. The molecule has 0 amide bonds. The number of aliphatic hydroxyl groups is 1. The fourth-order valence-corrected chi connectivity index (χ4v) is 2.30. The maximum Gasteiger partial charge on any atom is 0.0916 e. The van der Waals surface area contributed by atoms with Crippen molar-refractivity contribution in [1.29, 1.82) is 0 Å². The van der Waals surface area contributed by atoms with Crippen LogP contribution < -0.4 is 5.73 Å². The van der Waals surface area contributed by atoms with E-state index in [0.717, 1.165) is 16.1 Å². The fraction of sp³-hybridized carbons (Fsp3) is 0.250. The lowest BCUT2D eigenvalue weighted by atomic mass is 10.1. The van der Waals surface area contributed by atoms with Gasteiger partial charge in [-0.1, -0.05) is 41.9 Å². The zero-order chi connectivity index (χ0) is 14.5. The number of hydrogen-bond acceptors (Lipinski definition) is 3. The molecule has 0 bridgehead atoms. The van der Waals surface area contributed by atoms with E-state index in [-0.39, 0.29) is 0 Å². The zero-order valence-corrected chi connectivity index (χ0v) is 12.2. The van der Waals surface area contributed by atoms with E-state index < -0.39 is 6.10 Å². The fourth-order valence-electron chi connectivity index (χ4n) is 2.10. The summed E-state index contributed by atoms with van der Waals surface area (Å²) in [6.45, 7) is 1.24. The van der Waals surface area contributed by atoms with E-state index in [9.17, 15) is 5.11 Å². The van der Waals surface area contributed by atoms with E-state index in [0.29, 0.717) is 18.8 Å². The third-order valence-corrected chi connectivity index (χ3v) is 3.57. The summed E-state index contributed by atoms with van der Waals surface area (Å²) in [6, 6.07) is 15.0. The Morgan fingerprint density at radius 1 is 1.15 bits per heavy atom. The van der Waals surface area contributed by atoms with E-state index in [2.05, 4.69) is 0 Å². The van der Waals surface area contributed by atoms with Gasteiger partial charge in [-0.25, -0.2) is 0 Å². The van der Waals surface area contributed by atoms with Gasteiger partial charge in [-0.3, -0.25) is 4.90 Å². The molecule has 0 saturated heterocycles. The number of halogens is 1. The lowest BCUT2D eigenvalue weighted by Gasteiger charge is -2.21. The highest BCUT2D eigenvalue weighted by atomic mass is 35.5. The first-order valence-electron chi connectivity index (χ1n) is 6.51. The number of nitrogens with zero attached hydrogens (tertiary/aromatic N) is 1. The molecule has 0 aliphatic carbocycles. The lowest BCUT2D eigenvalue weighted by Crippen LogP contribution is -2.24. The van der Waals surface area contributed by atoms with Gasteiger partial charge in [0.2, 0.25) is 0 Å². The molecule has 0 aliphatic heterocycles. The maximum absolute atomic E-state index is 10.2. The predicted octanol–water partition coefficient (Wildman–Crippen LogP) is 3.09. The summed E-state index contributed by atoms with van der Waals surface area (Å²) in [5, 5.41) is 11.0. The highest BCUT2D eigenvalue weighted by molar-refractivity contribution is 6.31. The lowest BCUT2D eigenvalue weighted by molar-refractivity contribution is 0.124. The number of nitrogens with two attached hydrogens (primary N) is 1. The minimum absolute atomic E-state index is 0.537. The SMILES string of the molecule is CN(Cc1ccccc1Cl)CC(O)c1ccc(N)cc1. The summed E-state index contributed by atoms with van der Waals surface area (Å²) in [6.07, 6.45) is -0.539. The molecular weight excluding hydrogens is 272 g/mol. The first kappa shape index (κ1) is 14.9. The number of rotatable bonds is 5. The first-order valence-corrected chi connectivity index (χ1v) is 6.89. The van der Waals surface area contributed by atoms with Crippen molar-refractivity contribution in [3.63, 3.8) is 0 Å². The van der Waals surface area contributed by atoms with Crippen LogP contribution in [0.3, 0.4) is 0 Å². The van der Waals surface area contributed by atoms with Crippen molar-refractivity contribution in [3.8, 4) is 0 Å². The Kier molecular flexibility index (Phi) is 5.01. The van der Waals surface area contributed by atoms with E-state index in [1.54, 1.807) is 12.1 Å². The van der Waals surface area contributed by atoms with Crippen LogP contribution >= 0.6 is 11.6 Å². The molecular formula is C16H19ClN2O. The van der Waals surface area contributed by atoms with Gasteiger partial charge in [0, 0.05) is 23.8 Å². The Balaban J connectivity index is 1.96. The van der Waals surface area contributed by atoms with Gasteiger partial charge in [-0.05, 0) is 36.4 Å². The van der Waals surface area contributed by atoms with Crippen molar-refractivity contribution in [1.82, 2.24) is 4.90 Å². The van der Waals surface area contributed by atoms with Crippen molar-refractivity contribution in [2.45, 2.75) is 12.6 Å². The molecule has 106 valence electrons. The summed E-state index contributed by atoms with van der Waals surface area (Å²) >= 11 is 6.14. The normalized spacial score (nSPS) is 12.6. The molecule has 2 rings (SSSR count). The summed E-state index contributed by atoms with van der Waals surface area (Å²) in [5.41, 5.74) is 8.26. The second kappa shape index (κ2) is 6.75. The number of likely N-dealkylation sites (N-methyl/N-ethyl adjacent to an activating group) is 1. The van der Waals surface area contributed by atoms with E-state index in [1.807, 2.05) is 48.3 Å². The van der Waals surface area contributed by atoms with Crippen LogP contribution in [0.25, 0.3) is 0 Å². The Morgan fingerprint density at radius 2 is 1.80 bits per heavy atom. The molecule has 0 fully saturated rings. The molecule has 0 heterocycles. The molecule has 0 aromatic heterocycles. The number of aliphatic hydroxyl groups excluding tert-OH is 1. The number of hydrogen-bond donors (Lipinski definition) is 2. The molecule has 0 radical (unpaired) electrons. The minimum Gasteiger partial charge on any atom is -0.399 e. The van der Waals surface area contributed by atoms with Gasteiger partial charge in [0.05, 0.1) is 6.10 Å². The van der Waals surface area contributed by atoms with Gasteiger partial charge in [0.1, 0.15) is 0 Å². The van der Waals surface area contributed by atoms with Crippen molar-refractivity contribution >= 4 is 17.3 Å². The quantitative estimate of drug-likeness (QED) is 0.832. The van der Waals surface area contributed by atoms with Gasteiger partial charge in [-0.2, -0.15) is 0 Å². The van der Waals surface area contributed by atoms with Crippen molar-refractivity contribution < 1.29 is 5.11 Å². The van der Waals surface area contributed by atoms with Crippen molar-refractivity contribution in [3.05, 3.63) is 64.7 Å². The monoisotopic (exact) mass is 290 g/mol.